The van der Waals surface area contributed by atoms with Crippen molar-refractivity contribution in [1.29, 1.82) is 0 Å². The summed E-state index contributed by atoms with van der Waals surface area (Å²) in [6, 6.07) is 40.9. The molecular weight excluding hydrogens is 459 g/mol. The maximum atomic E-state index is 2.46. The van der Waals surface area contributed by atoms with Gasteiger partial charge in [-0.25, -0.2) is 0 Å². The van der Waals surface area contributed by atoms with E-state index in [1.54, 1.807) is 5.56 Å². The van der Waals surface area contributed by atoms with E-state index >= 15 is 0 Å². The SMILES string of the molecule is Cc1ccc2c(c1)C[P+](c1ccccc1)(c1ccccc1)CCC2c1ccccc1.[Br-]. The predicted octanol–water partition coefficient (Wildman–Crippen LogP) is 3.70. The second-order valence-electron chi connectivity index (χ2n) is 8.47. The molecule has 0 saturated carbocycles. The molecule has 0 nitrogen and oxygen atoms in total. The van der Waals surface area contributed by atoms with Crippen LogP contribution in [-0.4, -0.2) is 6.16 Å². The van der Waals surface area contributed by atoms with Crippen molar-refractivity contribution >= 4 is 17.9 Å². The van der Waals surface area contributed by atoms with Gasteiger partial charge in [-0.1, -0.05) is 90.5 Å². The lowest BCUT2D eigenvalue weighted by molar-refractivity contribution is -0.00000594. The van der Waals surface area contributed by atoms with Crippen molar-refractivity contribution in [2.24, 2.45) is 0 Å². The third-order valence-electron chi connectivity index (χ3n) is 6.62. The minimum atomic E-state index is -1.55. The molecule has 1 aliphatic heterocycles. The molecule has 1 unspecified atom stereocenters. The number of hydrogen-bond acceptors (Lipinski definition) is 0. The van der Waals surface area contributed by atoms with Gasteiger partial charge in [0.05, 0.1) is 30.2 Å². The zero-order chi connectivity index (χ0) is 20.4. The third-order valence-corrected chi connectivity index (χ3v) is 11.1. The molecule has 0 saturated heterocycles. The third kappa shape index (κ3) is 4.27. The highest BCUT2D eigenvalue weighted by Crippen LogP contribution is 2.63. The van der Waals surface area contributed by atoms with Crippen LogP contribution >= 0.6 is 7.26 Å². The fraction of sp³-hybridized carbons (Fsp3) is 0.172. The maximum absolute atomic E-state index is 2.46. The molecule has 2 heteroatoms. The second-order valence-corrected chi connectivity index (χ2v) is 12.2. The van der Waals surface area contributed by atoms with Crippen LogP contribution in [0.4, 0.5) is 0 Å². The van der Waals surface area contributed by atoms with Crippen molar-refractivity contribution in [3.63, 3.8) is 0 Å². The predicted molar refractivity (Wildman–Crippen MR) is 132 cm³/mol. The summed E-state index contributed by atoms with van der Waals surface area (Å²) in [7, 11) is -1.55. The van der Waals surface area contributed by atoms with Gasteiger partial charge in [0, 0.05) is 5.92 Å². The van der Waals surface area contributed by atoms with Gasteiger partial charge in [-0.2, -0.15) is 0 Å². The number of aryl methyl sites for hydroxylation is 1. The van der Waals surface area contributed by atoms with E-state index in [0.717, 1.165) is 6.16 Å². The van der Waals surface area contributed by atoms with Crippen LogP contribution in [0.25, 0.3) is 0 Å². The van der Waals surface area contributed by atoms with Crippen LogP contribution in [-0.2, 0) is 6.16 Å². The summed E-state index contributed by atoms with van der Waals surface area (Å²) in [5.74, 6) is 0.469. The number of halogens is 1. The Morgan fingerprint density at radius 1 is 0.677 bits per heavy atom. The van der Waals surface area contributed by atoms with E-state index in [2.05, 4.69) is 116 Å². The first-order valence-corrected chi connectivity index (χ1v) is 13.0. The van der Waals surface area contributed by atoms with E-state index < -0.39 is 7.26 Å². The van der Waals surface area contributed by atoms with Crippen LogP contribution in [0.5, 0.6) is 0 Å². The van der Waals surface area contributed by atoms with E-state index in [1.807, 2.05) is 0 Å². The first kappa shape index (κ1) is 22.0. The molecule has 1 aliphatic rings. The Morgan fingerprint density at radius 3 is 1.81 bits per heavy atom. The lowest BCUT2D eigenvalue weighted by Crippen LogP contribution is -3.00. The smallest absolute Gasteiger partial charge is 0.0995 e. The van der Waals surface area contributed by atoms with E-state index in [9.17, 15) is 0 Å². The average Bonchev–Trinajstić information content (AvgIpc) is 2.98. The Morgan fingerprint density at radius 2 is 1.23 bits per heavy atom. The molecule has 4 aromatic rings. The van der Waals surface area contributed by atoms with Crippen molar-refractivity contribution in [3.05, 3.63) is 131 Å². The van der Waals surface area contributed by atoms with Gasteiger partial charge in [-0.05, 0) is 54.3 Å². The molecule has 4 aromatic carbocycles. The quantitative estimate of drug-likeness (QED) is 0.387. The fourth-order valence-corrected chi connectivity index (χ4v) is 9.51. The van der Waals surface area contributed by atoms with Gasteiger partial charge in [-0.3, -0.25) is 0 Å². The van der Waals surface area contributed by atoms with Crippen LogP contribution < -0.4 is 27.6 Å². The molecule has 0 fully saturated rings. The Hall–Kier alpha value is -2.21. The molecule has 5 rings (SSSR count). The molecule has 0 spiro atoms. The summed E-state index contributed by atoms with van der Waals surface area (Å²) >= 11 is 0. The molecule has 0 bridgehead atoms. The van der Waals surface area contributed by atoms with Gasteiger partial charge in [0.25, 0.3) is 0 Å². The molecule has 0 N–H and O–H groups in total. The van der Waals surface area contributed by atoms with Crippen LogP contribution in [0.1, 0.15) is 34.6 Å². The number of hydrogen-bond donors (Lipinski definition) is 0. The minimum Gasteiger partial charge on any atom is -1.00 e. The summed E-state index contributed by atoms with van der Waals surface area (Å²) in [6.45, 7) is 2.23. The van der Waals surface area contributed by atoms with Crippen LogP contribution in [0.2, 0.25) is 0 Å². The normalized spacial score (nSPS) is 17.1. The molecule has 0 radical (unpaired) electrons. The van der Waals surface area contributed by atoms with Crippen molar-refractivity contribution < 1.29 is 17.0 Å². The highest BCUT2D eigenvalue weighted by molar-refractivity contribution is 7.88. The second kappa shape index (κ2) is 9.51. The first-order chi connectivity index (χ1) is 14.8. The van der Waals surface area contributed by atoms with Crippen LogP contribution in [0, 0.1) is 6.92 Å². The standard InChI is InChI=1S/C29H28P.BrH/c1-23-17-18-28-25(21-23)22-30(26-13-7-3-8-14-26,27-15-9-4-10-16-27)20-19-29(28)24-11-5-2-6-12-24;/h2-18,21,29H,19-20,22H2,1H3;1H/q+1;/p-1. The fourth-order valence-electron chi connectivity index (χ4n) is 5.13. The van der Waals surface area contributed by atoms with Crippen molar-refractivity contribution in [2.45, 2.75) is 25.4 Å². The molecule has 1 heterocycles. The van der Waals surface area contributed by atoms with Crippen molar-refractivity contribution in [1.82, 2.24) is 0 Å². The van der Waals surface area contributed by atoms with E-state index in [4.69, 9.17) is 0 Å². The van der Waals surface area contributed by atoms with Crippen LogP contribution in [0.15, 0.2) is 109 Å². The van der Waals surface area contributed by atoms with Crippen molar-refractivity contribution in [2.75, 3.05) is 6.16 Å². The minimum absolute atomic E-state index is 0. The number of rotatable bonds is 3. The van der Waals surface area contributed by atoms with E-state index in [0.29, 0.717) is 5.92 Å². The highest BCUT2D eigenvalue weighted by Gasteiger charge is 2.46. The topological polar surface area (TPSA) is 0 Å². The van der Waals surface area contributed by atoms with Gasteiger partial charge < -0.3 is 17.0 Å². The Bertz CT molecular complexity index is 1080. The Labute approximate surface area is 197 Å². The molecule has 0 aromatic heterocycles. The average molecular weight is 487 g/mol. The Balaban J connectivity index is 0.00000231. The summed E-state index contributed by atoms with van der Waals surface area (Å²) in [4.78, 5) is 0. The number of fused-ring (bicyclic) bond motifs is 1. The van der Waals surface area contributed by atoms with E-state index in [1.165, 1.54) is 39.9 Å². The molecule has 31 heavy (non-hydrogen) atoms. The van der Waals surface area contributed by atoms with Gasteiger partial charge in [0.2, 0.25) is 0 Å². The molecule has 1 atom stereocenters. The summed E-state index contributed by atoms with van der Waals surface area (Å²) < 4.78 is 0. The van der Waals surface area contributed by atoms with Gasteiger partial charge in [0.15, 0.2) is 0 Å². The lowest BCUT2D eigenvalue weighted by Gasteiger charge is -2.26. The van der Waals surface area contributed by atoms with Crippen LogP contribution in [0.3, 0.4) is 0 Å². The van der Waals surface area contributed by atoms with Crippen molar-refractivity contribution in [3.8, 4) is 0 Å². The Kier molecular flexibility index (Phi) is 6.75. The molecule has 0 aliphatic carbocycles. The first-order valence-electron chi connectivity index (χ1n) is 10.9. The van der Waals surface area contributed by atoms with Gasteiger partial charge in [-0.15, -0.1) is 0 Å². The summed E-state index contributed by atoms with van der Waals surface area (Å²) in [6.07, 6.45) is 3.59. The monoisotopic (exact) mass is 486 g/mol. The van der Waals surface area contributed by atoms with Gasteiger partial charge >= 0.3 is 0 Å². The maximum Gasteiger partial charge on any atom is 0.0995 e. The van der Waals surface area contributed by atoms with Gasteiger partial charge in [0.1, 0.15) is 0 Å². The molecule has 0 amide bonds. The zero-order valence-corrected chi connectivity index (χ0v) is 20.4. The number of benzene rings is 4. The summed E-state index contributed by atoms with van der Waals surface area (Å²) in [5.41, 5.74) is 5.88. The highest BCUT2D eigenvalue weighted by atomic mass is 79.9. The zero-order valence-electron chi connectivity index (χ0n) is 17.9. The molecular formula is C29H28BrP. The lowest BCUT2D eigenvalue weighted by atomic mass is 9.86. The summed E-state index contributed by atoms with van der Waals surface area (Å²) in [5, 5.41) is 3.08. The molecule has 156 valence electrons. The van der Waals surface area contributed by atoms with E-state index in [-0.39, 0.29) is 17.0 Å². The largest absolute Gasteiger partial charge is 1.00 e.